The van der Waals surface area contributed by atoms with Gasteiger partial charge in [0.05, 0.1) is 6.04 Å². The molecule has 3 heteroatoms. The van der Waals surface area contributed by atoms with Crippen LogP contribution in [0.2, 0.25) is 0 Å². The maximum atomic E-state index is 2.73. The highest BCUT2D eigenvalue weighted by Crippen LogP contribution is 2.35. The highest BCUT2D eigenvalue weighted by molar-refractivity contribution is 5.52. The third-order valence-corrected chi connectivity index (χ3v) is 7.77. The molecule has 0 bridgehead atoms. The molecule has 0 atom stereocenters. The van der Waals surface area contributed by atoms with E-state index in [1.54, 1.807) is 5.56 Å². The minimum absolute atomic E-state index is 0.344. The van der Waals surface area contributed by atoms with Crippen LogP contribution < -0.4 is 4.90 Å². The van der Waals surface area contributed by atoms with Crippen LogP contribution >= 0.6 is 0 Å². The molecule has 0 amide bonds. The lowest BCUT2D eigenvalue weighted by Gasteiger charge is -2.50. The van der Waals surface area contributed by atoms with Crippen molar-refractivity contribution in [3.63, 3.8) is 0 Å². The molecule has 1 fully saturated rings. The zero-order chi connectivity index (χ0) is 25.1. The lowest BCUT2D eigenvalue weighted by molar-refractivity contribution is 0.00728. The second kappa shape index (κ2) is 11.2. The van der Waals surface area contributed by atoms with E-state index in [4.69, 9.17) is 0 Å². The maximum Gasteiger partial charge on any atom is 0.0602 e. The molecule has 0 aromatic heterocycles. The van der Waals surface area contributed by atoms with Crippen LogP contribution in [0.25, 0.3) is 0 Å². The molecule has 0 spiro atoms. The van der Waals surface area contributed by atoms with E-state index >= 15 is 0 Å². The van der Waals surface area contributed by atoms with Crippen molar-refractivity contribution >= 4 is 5.69 Å². The molecule has 190 valence electrons. The molecule has 3 nitrogen and oxygen atoms in total. The summed E-state index contributed by atoms with van der Waals surface area (Å²) in [6.45, 7) is 16.1. The first-order valence-corrected chi connectivity index (χ1v) is 13.9. The van der Waals surface area contributed by atoms with Crippen molar-refractivity contribution in [1.82, 2.24) is 9.80 Å². The van der Waals surface area contributed by atoms with Crippen molar-refractivity contribution in [3.8, 4) is 0 Å². The second-order valence-corrected chi connectivity index (χ2v) is 11.7. The van der Waals surface area contributed by atoms with Gasteiger partial charge in [-0.1, -0.05) is 94.4 Å². The number of rotatable bonds is 9. The summed E-state index contributed by atoms with van der Waals surface area (Å²) in [4.78, 5) is 7.98. The summed E-state index contributed by atoms with van der Waals surface area (Å²) in [5.74, 6) is 1.35. The molecule has 36 heavy (non-hydrogen) atoms. The molecule has 1 saturated heterocycles. The van der Waals surface area contributed by atoms with Crippen molar-refractivity contribution in [2.75, 3.05) is 37.6 Å². The van der Waals surface area contributed by atoms with Crippen LogP contribution in [0.5, 0.6) is 0 Å². The average molecular weight is 482 g/mol. The Morgan fingerprint density at radius 2 is 1.33 bits per heavy atom. The maximum absolute atomic E-state index is 2.73. The molecule has 0 radical (unpaired) electrons. The summed E-state index contributed by atoms with van der Waals surface area (Å²) in [6.07, 6.45) is 1.16. The molecule has 3 aromatic rings. The number of fused-ring (bicyclic) bond motifs is 1. The van der Waals surface area contributed by atoms with E-state index in [1.165, 1.54) is 28.9 Å². The van der Waals surface area contributed by atoms with Gasteiger partial charge < -0.3 is 4.90 Å². The molecule has 5 rings (SSSR count). The number of benzene rings is 3. The van der Waals surface area contributed by atoms with Crippen molar-refractivity contribution < 1.29 is 0 Å². The smallest absolute Gasteiger partial charge is 0.0602 e. The number of likely N-dealkylation sites (tertiary alicyclic amines) is 1. The zero-order valence-electron chi connectivity index (χ0n) is 22.6. The van der Waals surface area contributed by atoms with E-state index in [1.807, 2.05) is 0 Å². The minimum atomic E-state index is 0.344. The molecule has 0 unspecified atom stereocenters. The van der Waals surface area contributed by atoms with Crippen LogP contribution in [-0.4, -0.2) is 48.6 Å². The molecule has 3 aromatic carbocycles. The number of nitrogens with zero attached hydrogens (tertiary/aromatic N) is 3. The normalized spacial score (nSPS) is 17.0. The largest absolute Gasteiger partial charge is 0.371 e. The van der Waals surface area contributed by atoms with Crippen LogP contribution in [-0.2, 0) is 13.0 Å². The Morgan fingerprint density at radius 1 is 0.750 bits per heavy atom. The third kappa shape index (κ3) is 5.68. The molecule has 2 aliphatic heterocycles. The van der Waals surface area contributed by atoms with Gasteiger partial charge in [0, 0.05) is 51.0 Å². The Hall–Kier alpha value is -2.62. The first-order valence-electron chi connectivity index (χ1n) is 13.9. The van der Waals surface area contributed by atoms with Gasteiger partial charge >= 0.3 is 0 Å². The summed E-state index contributed by atoms with van der Waals surface area (Å²) in [5, 5.41) is 0. The van der Waals surface area contributed by atoms with E-state index in [0.717, 1.165) is 39.1 Å². The van der Waals surface area contributed by atoms with E-state index < -0.39 is 0 Å². The van der Waals surface area contributed by atoms with Crippen LogP contribution in [0, 0.1) is 11.8 Å². The van der Waals surface area contributed by atoms with Gasteiger partial charge in [0.15, 0.2) is 0 Å². The average Bonchev–Trinajstić information content (AvgIpc) is 2.85. The number of anilines is 1. The Kier molecular flexibility index (Phi) is 7.79. The number of hydrogen-bond acceptors (Lipinski definition) is 3. The lowest BCUT2D eigenvalue weighted by atomic mass is 9.91. The lowest BCUT2D eigenvalue weighted by Crippen LogP contribution is -2.60. The van der Waals surface area contributed by atoms with E-state index in [-0.39, 0.29) is 0 Å². The van der Waals surface area contributed by atoms with Crippen LogP contribution in [0.15, 0.2) is 78.9 Å². The molecule has 2 heterocycles. The summed E-state index contributed by atoms with van der Waals surface area (Å²) in [5.41, 5.74) is 7.29. The van der Waals surface area contributed by atoms with E-state index in [0.29, 0.717) is 23.9 Å². The van der Waals surface area contributed by atoms with Gasteiger partial charge in [0.25, 0.3) is 0 Å². The van der Waals surface area contributed by atoms with E-state index in [2.05, 4.69) is 121 Å². The van der Waals surface area contributed by atoms with Gasteiger partial charge in [0.2, 0.25) is 0 Å². The Labute approximate surface area is 218 Å². The predicted molar refractivity (Wildman–Crippen MR) is 153 cm³/mol. The van der Waals surface area contributed by atoms with Gasteiger partial charge in [-0.2, -0.15) is 0 Å². The summed E-state index contributed by atoms with van der Waals surface area (Å²) < 4.78 is 0. The molecular weight excluding hydrogens is 438 g/mol. The number of hydrogen-bond donors (Lipinski definition) is 0. The predicted octanol–water partition coefficient (Wildman–Crippen LogP) is 6.64. The van der Waals surface area contributed by atoms with Gasteiger partial charge in [-0.05, 0) is 52.6 Å². The van der Waals surface area contributed by atoms with Gasteiger partial charge in [-0.25, -0.2) is 0 Å². The molecule has 2 aliphatic rings. The SMILES string of the molecule is CC(C)CN(CC(C)C)c1ccc2c(c1)CCN(C1CN(C(c3ccccc3)c3ccccc3)C1)C2. The summed E-state index contributed by atoms with van der Waals surface area (Å²) in [6, 6.07) is 30.3. The standard InChI is InChI=1S/C33H43N3/c1-25(2)20-35(21-26(3)4)31-16-15-30-22-34(18-17-29(30)19-31)32-23-36(24-32)33(27-11-7-5-8-12-27)28-13-9-6-10-14-28/h5-16,19,25-26,32-33H,17-18,20-24H2,1-4H3. The first kappa shape index (κ1) is 25.0. The molecule has 0 N–H and O–H groups in total. The minimum Gasteiger partial charge on any atom is -0.371 e. The van der Waals surface area contributed by atoms with Crippen LogP contribution in [0.1, 0.15) is 56.0 Å². The topological polar surface area (TPSA) is 9.72 Å². The van der Waals surface area contributed by atoms with Gasteiger partial charge in [0.1, 0.15) is 0 Å². The van der Waals surface area contributed by atoms with Crippen molar-refractivity contribution in [2.24, 2.45) is 11.8 Å². The monoisotopic (exact) mass is 481 g/mol. The molecular formula is C33H43N3. The van der Waals surface area contributed by atoms with Crippen molar-refractivity contribution in [3.05, 3.63) is 101 Å². The summed E-state index contributed by atoms with van der Waals surface area (Å²) in [7, 11) is 0. The summed E-state index contributed by atoms with van der Waals surface area (Å²) >= 11 is 0. The highest BCUT2D eigenvalue weighted by atomic mass is 15.3. The van der Waals surface area contributed by atoms with Crippen molar-refractivity contribution in [1.29, 1.82) is 0 Å². The van der Waals surface area contributed by atoms with Crippen molar-refractivity contribution in [2.45, 2.75) is 52.7 Å². The Bertz CT molecular complexity index is 1050. The van der Waals surface area contributed by atoms with Gasteiger partial charge in [-0.3, -0.25) is 9.80 Å². The fraction of sp³-hybridized carbons (Fsp3) is 0.455. The fourth-order valence-electron chi connectivity index (χ4n) is 6.05. The Morgan fingerprint density at radius 3 is 1.89 bits per heavy atom. The van der Waals surface area contributed by atoms with E-state index in [9.17, 15) is 0 Å². The highest BCUT2D eigenvalue weighted by Gasteiger charge is 2.38. The fourth-order valence-corrected chi connectivity index (χ4v) is 6.05. The molecule has 0 aliphatic carbocycles. The Balaban J connectivity index is 1.25. The quantitative estimate of drug-likeness (QED) is 0.339. The van der Waals surface area contributed by atoms with Crippen LogP contribution in [0.3, 0.4) is 0 Å². The zero-order valence-corrected chi connectivity index (χ0v) is 22.6. The first-order chi connectivity index (χ1) is 17.5. The third-order valence-electron chi connectivity index (χ3n) is 7.77. The van der Waals surface area contributed by atoms with Gasteiger partial charge in [-0.15, -0.1) is 0 Å². The second-order valence-electron chi connectivity index (χ2n) is 11.7. The van der Waals surface area contributed by atoms with Crippen LogP contribution in [0.4, 0.5) is 5.69 Å². The molecule has 0 saturated carbocycles.